The second-order valence-electron chi connectivity index (χ2n) is 6.13. The summed E-state index contributed by atoms with van der Waals surface area (Å²) in [5.74, 6) is -0.770. The Morgan fingerprint density at radius 2 is 2.19 bits per heavy atom. The van der Waals surface area contributed by atoms with Gasteiger partial charge in [0.25, 0.3) is 0 Å². The van der Waals surface area contributed by atoms with Gasteiger partial charge in [-0.05, 0) is 12.5 Å². The van der Waals surface area contributed by atoms with Gasteiger partial charge in [0.05, 0.1) is 11.1 Å². The summed E-state index contributed by atoms with van der Waals surface area (Å²) in [5.41, 5.74) is 11.8. The van der Waals surface area contributed by atoms with E-state index in [2.05, 4.69) is 9.97 Å². The molecule has 0 amide bonds. The molecule has 3 aromatic rings. The average Bonchev–Trinajstić information content (AvgIpc) is 3.26. The number of fused-ring (bicyclic) bond motifs is 1. The van der Waals surface area contributed by atoms with Gasteiger partial charge in [0, 0.05) is 36.9 Å². The molecule has 4 heterocycles. The molecule has 0 saturated carbocycles. The van der Waals surface area contributed by atoms with Crippen LogP contribution in [0.3, 0.4) is 0 Å². The lowest BCUT2D eigenvalue weighted by Gasteiger charge is -2.20. The van der Waals surface area contributed by atoms with Gasteiger partial charge in [0.15, 0.2) is 16.6 Å². The first kappa shape index (κ1) is 19.1. The van der Waals surface area contributed by atoms with Gasteiger partial charge in [-0.3, -0.25) is 9.36 Å². The van der Waals surface area contributed by atoms with E-state index in [1.54, 1.807) is 11.6 Å². The first-order valence-corrected chi connectivity index (χ1v) is 8.83. The monoisotopic (exact) mass is 408 g/mol. The minimum absolute atomic E-state index is 0. The Bertz CT molecular complexity index is 1070. The predicted molar refractivity (Wildman–Crippen MR) is 106 cm³/mol. The van der Waals surface area contributed by atoms with Crippen molar-refractivity contribution in [2.45, 2.75) is 12.5 Å². The molecule has 0 radical (unpaired) electrons. The van der Waals surface area contributed by atoms with Crippen molar-refractivity contribution in [2.24, 2.45) is 5.73 Å². The molecule has 0 aromatic carbocycles. The minimum Gasteiger partial charge on any atom is -0.477 e. The van der Waals surface area contributed by atoms with Gasteiger partial charge < -0.3 is 21.5 Å². The van der Waals surface area contributed by atoms with Crippen LogP contribution in [0.15, 0.2) is 28.6 Å². The molecule has 27 heavy (non-hydrogen) atoms. The lowest BCUT2D eigenvalue weighted by atomic mass is 10.2. The number of nitrogens with two attached hydrogens (primary N) is 2. The maximum atomic E-state index is 12.6. The van der Waals surface area contributed by atoms with Gasteiger partial charge in [0.1, 0.15) is 5.56 Å². The van der Waals surface area contributed by atoms with E-state index in [0.29, 0.717) is 28.8 Å². The SMILES string of the molecule is Cl.Nc1cc2c(=O)c(C(=O)O)cn(-c3nccs3)c2nc1N1CCC(N)C1. The van der Waals surface area contributed by atoms with Crippen LogP contribution in [0.25, 0.3) is 16.2 Å². The molecule has 1 unspecified atom stereocenters. The number of aromatic nitrogens is 3. The number of thiazole rings is 1. The van der Waals surface area contributed by atoms with E-state index in [9.17, 15) is 14.7 Å². The number of nitrogens with zero attached hydrogens (tertiary/aromatic N) is 4. The highest BCUT2D eigenvalue weighted by molar-refractivity contribution is 7.12. The third kappa shape index (κ3) is 3.22. The van der Waals surface area contributed by atoms with Crippen molar-refractivity contribution >= 4 is 52.3 Å². The zero-order valence-corrected chi connectivity index (χ0v) is 15.7. The Morgan fingerprint density at radius 3 is 2.78 bits per heavy atom. The van der Waals surface area contributed by atoms with Gasteiger partial charge in [-0.15, -0.1) is 23.7 Å². The van der Waals surface area contributed by atoms with E-state index < -0.39 is 11.4 Å². The molecule has 0 aliphatic carbocycles. The fourth-order valence-electron chi connectivity index (χ4n) is 3.12. The number of pyridine rings is 2. The fraction of sp³-hybridized carbons (Fsp3) is 0.250. The number of rotatable bonds is 3. The van der Waals surface area contributed by atoms with Crippen LogP contribution in [0.4, 0.5) is 11.5 Å². The molecule has 1 fully saturated rings. The second kappa shape index (κ2) is 7.14. The van der Waals surface area contributed by atoms with E-state index in [4.69, 9.17) is 11.5 Å². The molecular weight excluding hydrogens is 392 g/mol. The quantitative estimate of drug-likeness (QED) is 0.584. The molecule has 4 rings (SSSR count). The molecule has 1 saturated heterocycles. The Morgan fingerprint density at radius 1 is 1.41 bits per heavy atom. The van der Waals surface area contributed by atoms with Crippen molar-refractivity contribution in [3.8, 4) is 5.13 Å². The summed E-state index contributed by atoms with van der Waals surface area (Å²) in [7, 11) is 0. The molecule has 3 aromatic heterocycles. The topological polar surface area (TPSA) is 140 Å². The first-order chi connectivity index (χ1) is 12.5. The summed E-state index contributed by atoms with van der Waals surface area (Å²) < 4.78 is 1.52. The van der Waals surface area contributed by atoms with E-state index in [1.165, 1.54) is 28.2 Å². The van der Waals surface area contributed by atoms with Crippen molar-refractivity contribution in [3.05, 3.63) is 39.6 Å². The number of carboxylic acid groups (broad SMARTS) is 1. The van der Waals surface area contributed by atoms with E-state index in [-0.39, 0.29) is 29.4 Å². The van der Waals surface area contributed by atoms with Gasteiger partial charge in [0.2, 0.25) is 5.43 Å². The smallest absolute Gasteiger partial charge is 0.341 e. The van der Waals surface area contributed by atoms with E-state index in [0.717, 1.165) is 13.0 Å². The predicted octanol–water partition coefficient (Wildman–Crippen LogP) is 1.08. The van der Waals surface area contributed by atoms with Crippen LogP contribution in [0.1, 0.15) is 16.8 Å². The van der Waals surface area contributed by atoms with Gasteiger partial charge in [-0.2, -0.15) is 0 Å². The van der Waals surface area contributed by atoms with Crippen LogP contribution in [0.2, 0.25) is 0 Å². The van der Waals surface area contributed by atoms with Crippen molar-refractivity contribution in [3.63, 3.8) is 0 Å². The molecular formula is C16H17ClN6O3S. The third-order valence-electron chi connectivity index (χ3n) is 4.37. The molecule has 5 N–H and O–H groups in total. The lowest BCUT2D eigenvalue weighted by molar-refractivity contribution is 0.0695. The highest BCUT2D eigenvalue weighted by atomic mass is 35.5. The highest BCUT2D eigenvalue weighted by Crippen LogP contribution is 2.28. The van der Waals surface area contributed by atoms with Crippen LogP contribution < -0.4 is 21.8 Å². The van der Waals surface area contributed by atoms with Crippen LogP contribution in [-0.4, -0.2) is 44.7 Å². The standard InChI is InChI=1S/C16H16N6O3S.ClH/c17-8-1-3-21(6-8)14-11(18)5-9-12(23)10(15(24)25)7-22(13(9)20-14)16-19-2-4-26-16;/h2,4-5,7-8H,1,3,6,17-18H2,(H,24,25);1H. The third-order valence-corrected chi connectivity index (χ3v) is 5.14. The van der Waals surface area contributed by atoms with Gasteiger partial charge >= 0.3 is 5.97 Å². The van der Waals surface area contributed by atoms with Crippen molar-refractivity contribution in [1.29, 1.82) is 0 Å². The van der Waals surface area contributed by atoms with Crippen molar-refractivity contribution in [1.82, 2.24) is 14.5 Å². The Balaban J connectivity index is 0.00000210. The van der Waals surface area contributed by atoms with E-state index in [1.807, 2.05) is 4.90 Å². The van der Waals surface area contributed by atoms with E-state index >= 15 is 0 Å². The second-order valence-corrected chi connectivity index (χ2v) is 7.00. The summed E-state index contributed by atoms with van der Waals surface area (Å²) >= 11 is 1.31. The molecule has 9 nitrogen and oxygen atoms in total. The highest BCUT2D eigenvalue weighted by Gasteiger charge is 2.25. The Labute approximate surface area is 163 Å². The minimum atomic E-state index is -1.31. The average molecular weight is 409 g/mol. The molecule has 11 heteroatoms. The zero-order valence-electron chi connectivity index (χ0n) is 14.0. The maximum Gasteiger partial charge on any atom is 0.341 e. The Hall–Kier alpha value is -2.69. The molecule has 1 aliphatic rings. The summed E-state index contributed by atoms with van der Waals surface area (Å²) in [6, 6.07) is 1.53. The maximum absolute atomic E-state index is 12.6. The molecule has 1 atom stereocenters. The largest absolute Gasteiger partial charge is 0.477 e. The summed E-state index contributed by atoms with van der Waals surface area (Å²) in [5, 5.41) is 11.8. The number of halogens is 1. The first-order valence-electron chi connectivity index (χ1n) is 7.95. The van der Waals surface area contributed by atoms with Gasteiger partial charge in [-0.25, -0.2) is 14.8 Å². The van der Waals surface area contributed by atoms with Crippen LogP contribution in [0.5, 0.6) is 0 Å². The lowest BCUT2D eigenvalue weighted by Crippen LogP contribution is -2.28. The molecule has 0 bridgehead atoms. The number of hydrogen-bond acceptors (Lipinski definition) is 8. The Kier molecular flexibility index (Phi) is 5.05. The van der Waals surface area contributed by atoms with Crippen molar-refractivity contribution < 1.29 is 9.90 Å². The number of carbonyl (C=O) groups is 1. The molecule has 1 aliphatic heterocycles. The summed E-state index contributed by atoms with van der Waals surface area (Å²) in [4.78, 5) is 34.8. The normalized spacial score (nSPS) is 16.5. The summed E-state index contributed by atoms with van der Waals surface area (Å²) in [6.07, 6.45) is 3.69. The zero-order chi connectivity index (χ0) is 18.4. The van der Waals surface area contributed by atoms with Crippen LogP contribution in [0, 0.1) is 0 Å². The number of aromatic carboxylic acids is 1. The van der Waals surface area contributed by atoms with Crippen LogP contribution >= 0.6 is 23.7 Å². The number of nitrogen functional groups attached to an aromatic ring is 1. The number of anilines is 2. The molecule has 0 spiro atoms. The number of hydrogen-bond donors (Lipinski definition) is 3. The molecule has 142 valence electrons. The van der Waals surface area contributed by atoms with Crippen molar-refractivity contribution in [2.75, 3.05) is 23.7 Å². The number of carboxylic acids is 1. The van der Waals surface area contributed by atoms with Gasteiger partial charge in [-0.1, -0.05) is 0 Å². The van der Waals surface area contributed by atoms with Crippen LogP contribution in [-0.2, 0) is 0 Å². The fourth-order valence-corrected chi connectivity index (χ4v) is 3.74. The summed E-state index contributed by atoms with van der Waals surface area (Å²) in [6.45, 7) is 1.34.